The van der Waals surface area contributed by atoms with Crippen molar-refractivity contribution >= 4 is 17.3 Å². The van der Waals surface area contributed by atoms with Crippen LogP contribution in [0.15, 0.2) is 29.8 Å². The van der Waals surface area contributed by atoms with Crippen LogP contribution in [-0.2, 0) is 4.79 Å². The molecule has 0 fully saturated rings. The second kappa shape index (κ2) is 5.03. The van der Waals surface area contributed by atoms with E-state index < -0.39 is 12.0 Å². The van der Waals surface area contributed by atoms with Gasteiger partial charge >= 0.3 is 5.97 Å². The van der Waals surface area contributed by atoms with E-state index in [1.807, 2.05) is 18.2 Å². The molecule has 1 atom stereocenters. The van der Waals surface area contributed by atoms with Crippen molar-refractivity contribution in [2.75, 3.05) is 7.05 Å². The van der Waals surface area contributed by atoms with Crippen molar-refractivity contribution in [1.82, 2.24) is 15.3 Å². The van der Waals surface area contributed by atoms with Crippen LogP contribution in [0.4, 0.5) is 0 Å². The number of nitrogens with zero attached hydrogens (tertiary/aromatic N) is 2. The lowest BCUT2D eigenvalue weighted by atomic mass is 10.2. The molecule has 88 valence electrons. The molecule has 0 saturated heterocycles. The van der Waals surface area contributed by atoms with Crippen molar-refractivity contribution < 1.29 is 9.90 Å². The molecule has 2 N–H and O–H groups in total. The molecule has 0 spiro atoms. The number of likely N-dealkylation sites (N-methyl/N-ethyl adjacent to an activating group) is 1. The van der Waals surface area contributed by atoms with Gasteiger partial charge in [0.1, 0.15) is 11.0 Å². The minimum Gasteiger partial charge on any atom is -0.480 e. The van der Waals surface area contributed by atoms with Crippen molar-refractivity contribution in [2.24, 2.45) is 0 Å². The fraction of sp³-hybridized carbons (Fsp3) is 0.182. The summed E-state index contributed by atoms with van der Waals surface area (Å²) < 4.78 is 0. The van der Waals surface area contributed by atoms with Gasteiger partial charge in [0.25, 0.3) is 0 Å². The maximum absolute atomic E-state index is 11.0. The number of thiazole rings is 1. The van der Waals surface area contributed by atoms with Gasteiger partial charge in [0.05, 0.1) is 11.4 Å². The molecule has 0 radical (unpaired) electrons. The van der Waals surface area contributed by atoms with E-state index in [9.17, 15) is 4.79 Å². The first-order chi connectivity index (χ1) is 8.22. The number of pyridine rings is 1. The summed E-state index contributed by atoms with van der Waals surface area (Å²) in [5.41, 5.74) is 1.26. The van der Waals surface area contributed by atoms with Gasteiger partial charge in [-0.1, -0.05) is 6.07 Å². The Bertz CT molecular complexity index is 512. The maximum Gasteiger partial charge on any atom is 0.327 e. The van der Waals surface area contributed by atoms with Crippen LogP contribution < -0.4 is 5.32 Å². The van der Waals surface area contributed by atoms with Gasteiger partial charge in [0.2, 0.25) is 0 Å². The normalized spacial score (nSPS) is 12.3. The number of hydrogen-bond acceptors (Lipinski definition) is 5. The Morgan fingerprint density at radius 2 is 2.35 bits per heavy atom. The molecule has 0 amide bonds. The molecular formula is C11H11N3O2S. The Morgan fingerprint density at radius 1 is 1.53 bits per heavy atom. The summed E-state index contributed by atoms with van der Waals surface area (Å²) in [5.74, 6) is -0.939. The number of carboxylic acid groups (broad SMARTS) is 1. The quantitative estimate of drug-likeness (QED) is 0.859. The Labute approximate surface area is 102 Å². The zero-order chi connectivity index (χ0) is 12.3. The Hall–Kier alpha value is -1.79. The van der Waals surface area contributed by atoms with Gasteiger partial charge in [-0.3, -0.25) is 9.78 Å². The molecule has 2 heterocycles. The standard InChI is InChI=1S/C11H11N3O2S/c1-12-9(11(15)16)8-6-17-10(14-8)7-4-2-3-5-13-7/h2-6,9,12H,1H3,(H,15,16). The van der Waals surface area contributed by atoms with Crippen LogP contribution in [0.2, 0.25) is 0 Å². The minimum atomic E-state index is -0.939. The number of hydrogen-bond donors (Lipinski definition) is 2. The molecule has 0 aliphatic carbocycles. The molecule has 17 heavy (non-hydrogen) atoms. The van der Waals surface area contributed by atoms with Gasteiger partial charge in [0.15, 0.2) is 0 Å². The van der Waals surface area contributed by atoms with E-state index >= 15 is 0 Å². The lowest BCUT2D eigenvalue weighted by molar-refractivity contribution is -0.139. The van der Waals surface area contributed by atoms with Crippen LogP contribution in [0.3, 0.4) is 0 Å². The summed E-state index contributed by atoms with van der Waals surface area (Å²) in [6.07, 6.45) is 1.68. The molecular weight excluding hydrogens is 238 g/mol. The van der Waals surface area contributed by atoms with Crippen LogP contribution in [-0.4, -0.2) is 28.1 Å². The molecule has 0 aliphatic rings. The van der Waals surface area contributed by atoms with Crippen molar-refractivity contribution in [2.45, 2.75) is 6.04 Å². The van der Waals surface area contributed by atoms with Gasteiger partial charge < -0.3 is 10.4 Å². The third kappa shape index (κ3) is 2.48. The molecule has 6 heteroatoms. The molecule has 1 unspecified atom stereocenters. The van der Waals surface area contributed by atoms with Gasteiger partial charge in [-0.2, -0.15) is 0 Å². The van der Waals surface area contributed by atoms with Crippen LogP contribution in [0, 0.1) is 0 Å². The molecule has 0 bridgehead atoms. The second-order valence-corrected chi connectivity index (χ2v) is 4.21. The third-order valence-corrected chi connectivity index (χ3v) is 3.12. The molecule has 2 aromatic heterocycles. The highest BCUT2D eigenvalue weighted by molar-refractivity contribution is 7.13. The van der Waals surface area contributed by atoms with Gasteiger partial charge in [-0.25, -0.2) is 4.98 Å². The molecule has 0 saturated carbocycles. The highest BCUT2D eigenvalue weighted by Gasteiger charge is 2.20. The summed E-state index contributed by atoms with van der Waals surface area (Å²) in [6.45, 7) is 0. The van der Waals surface area contributed by atoms with E-state index in [-0.39, 0.29) is 0 Å². The molecule has 0 aliphatic heterocycles. The molecule has 2 rings (SSSR count). The van der Waals surface area contributed by atoms with E-state index in [4.69, 9.17) is 5.11 Å². The van der Waals surface area contributed by atoms with E-state index in [2.05, 4.69) is 15.3 Å². The van der Waals surface area contributed by atoms with E-state index in [0.717, 1.165) is 10.7 Å². The predicted molar refractivity (Wildman–Crippen MR) is 64.8 cm³/mol. The van der Waals surface area contributed by atoms with E-state index in [1.54, 1.807) is 18.6 Å². The zero-order valence-corrected chi connectivity index (χ0v) is 9.94. The zero-order valence-electron chi connectivity index (χ0n) is 9.12. The Kier molecular flexibility index (Phi) is 3.46. The van der Waals surface area contributed by atoms with Crippen LogP contribution in [0.1, 0.15) is 11.7 Å². The number of rotatable bonds is 4. The maximum atomic E-state index is 11.0. The van der Waals surface area contributed by atoms with Crippen molar-refractivity contribution in [3.8, 4) is 10.7 Å². The third-order valence-electron chi connectivity index (χ3n) is 2.24. The van der Waals surface area contributed by atoms with E-state index in [0.29, 0.717) is 5.69 Å². The average molecular weight is 249 g/mol. The van der Waals surface area contributed by atoms with Gasteiger partial charge in [0, 0.05) is 11.6 Å². The second-order valence-electron chi connectivity index (χ2n) is 3.35. The Morgan fingerprint density at radius 3 is 2.94 bits per heavy atom. The molecule has 5 nitrogen and oxygen atoms in total. The summed E-state index contributed by atoms with van der Waals surface area (Å²) in [4.78, 5) is 19.4. The fourth-order valence-electron chi connectivity index (χ4n) is 1.42. The summed E-state index contributed by atoms with van der Waals surface area (Å²) in [5, 5.41) is 14.2. The monoisotopic (exact) mass is 249 g/mol. The first kappa shape index (κ1) is 11.7. The van der Waals surface area contributed by atoms with Crippen LogP contribution >= 0.6 is 11.3 Å². The van der Waals surface area contributed by atoms with Crippen LogP contribution in [0.25, 0.3) is 10.7 Å². The van der Waals surface area contributed by atoms with E-state index in [1.165, 1.54) is 11.3 Å². The minimum absolute atomic E-state index is 0.505. The number of nitrogens with one attached hydrogen (secondary N) is 1. The lowest BCUT2D eigenvalue weighted by Gasteiger charge is -2.06. The van der Waals surface area contributed by atoms with Crippen molar-refractivity contribution in [3.63, 3.8) is 0 Å². The first-order valence-corrected chi connectivity index (χ1v) is 5.87. The largest absolute Gasteiger partial charge is 0.480 e. The number of carboxylic acids is 1. The summed E-state index contributed by atoms with van der Waals surface area (Å²) in [7, 11) is 1.60. The number of aliphatic carboxylic acids is 1. The predicted octanol–water partition coefficient (Wildman–Crippen LogP) is 1.55. The number of aromatic nitrogens is 2. The van der Waals surface area contributed by atoms with Gasteiger partial charge in [-0.05, 0) is 19.2 Å². The topological polar surface area (TPSA) is 75.1 Å². The summed E-state index contributed by atoms with van der Waals surface area (Å²) >= 11 is 1.39. The summed E-state index contributed by atoms with van der Waals surface area (Å²) in [6, 6.07) is 4.77. The number of carbonyl (C=O) groups is 1. The highest BCUT2D eigenvalue weighted by Crippen LogP contribution is 2.24. The van der Waals surface area contributed by atoms with Crippen molar-refractivity contribution in [1.29, 1.82) is 0 Å². The van der Waals surface area contributed by atoms with Crippen LogP contribution in [0.5, 0.6) is 0 Å². The Balaban J connectivity index is 2.30. The SMILES string of the molecule is CNC(C(=O)O)c1csc(-c2ccccn2)n1. The molecule has 0 aromatic carbocycles. The average Bonchev–Trinajstić information content (AvgIpc) is 2.80. The molecule has 2 aromatic rings. The van der Waals surface area contributed by atoms with Gasteiger partial charge in [-0.15, -0.1) is 11.3 Å². The lowest BCUT2D eigenvalue weighted by Crippen LogP contribution is -2.25. The smallest absolute Gasteiger partial charge is 0.327 e. The van der Waals surface area contributed by atoms with Crippen molar-refractivity contribution in [3.05, 3.63) is 35.5 Å². The highest BCUT2D eigenvalue weighted by atomic mass is 32.1. The fourth-order valence-corrected chi connectivity index (χ4v) is 2.24. The first-order valence-electron chi connectivity index (χ1n) is 4.99.